The average Bonchev–Trinajstić information content (AvgIpc) is 3.10. The molecule has 0 bridgehead atoms. The highest BCUT2D eigenvalue weighted by atomic mass is 32.1. The fourth-order valence-corrected chi connectivity index (χ4v) is 4.20. The molecule has 4 heteroatoms. The van der Waals surface area contributed by atoms with Crippen LogP contribution in [0, 0.1) is 0 Å². The summed E-state index contributed by atoms with van der Waals surface area (Å²) in [6.07, 6.45) is 0.889. The fourth-order valence-electron chi connectivity index (χ4n) is 3.30. The monoisotopic (exact) mass is 335 g/mol. The van der Waals surface area contributed by atoms with Gasteiger partial charge in [0.15, 0.2) is 0 Å². The SMILES string of the molecule is O=C(c1ccc(O)cc1)N1CCc2sccc2C1c1ccccc1. The van der Waals surface area contributed by atoms with Crippen LogP contribution in [0.1, 0.15) is 32.4 Å². The van der Waals surface area contributed by atoms with Crippen LogP contribution in [-0.4, -0.2) is 22.5 Å². The summed E-state index contributed by atoms with van der Waals surface area (Å²) < 4.78 is 0. The van der Waals surface area contributed by atoms with Crippen molar-refractivity contribution in [3.63, 3.8) is 0 Å². The lowest BCUT2D eigenvalue weighted by Gasteiger charge is -2.36. The molecule has 0 radical (unpaired) electrons. The molecule has 2 aromatic carbocycles. The minimum Gasteiger partial charge on any atom is -0.508 e. The number of rotatable bonds is 2. The molecule has 1 atom stereocenters. The highest BCUT2D eigenvalue weighted by Gasteiger charge is 2.33. The number of phenolic OH excluding ortho intramolecular Hbond substituents is 1. The zero-order valence-electron chi connectivity index (χ0n) is 13.1. The van der Waals surface area contributed by atoms with Gasteiger partial charge < -0.3 is 10.0 Å². The van der Waals surface area contributed by atoms with E-state index in [0.29, 0.717) is 12.1 Å². The van der Waals surface area contributed by atoms with Crippen molar-refractivity contribution in [3.8, 4) is 5.75 Å². The highest BCUT2D eigenvalue weighted by molar-refractivity contribution is 7.10. The third-order valence-electron chi connectivity index (χ3n) is 4.46. The topological polar surface area (TPSA) is 40.5 Å². The molecule has 3 aromatic rings. The number of thiophene rings is 1. The molecule has 1 aliphatic heterocycles. The van der Waals surface area contributed by atoms with Crippen LogP contribution in [0.2, 0.25) is 0 Å². The Morgan fingerprint density at radius 2 is 1.79 bits per heavy atom. The minimum absolute atomic E-state index is 0.000651. The predicted molar refractivity (Wildman–Crippen MR) is 95.5 cm³/mol. The molecule has 0 saturated carbocycles. The molecule has 0 aliphatic carbocycles. The van der Waals surface area contributed by atoms with Crippen molar-refractivity contribution in [2.75, 3.05) is 6.54 Å². The molecular formula is C20H17NO2S. The summed E-state index contributed by atoms with van der Waals surface area (Å²) >= 11 is 1.76. The molecular weight excluding hydrogens is 318 g/mol. The first-order valence-electron chi connectivity index (χ1n) is 7.95. The van der Waals surface area contributed by atoms with Crippen molar-refractivity contribution >= 4 is 17.2 Å². The third-order valence-corrected chi connectivity index (χ3v) is 5.45. The van der Waals surface area contributed by atoms with Crippen molar-refractivity contribution < 1.29 is 9.90 Å². The van der Waals surface area contributed by atoms with E-state index in [1.54, 1.807) is 35.6 Å². The van der Waals surface area contributed by atoms with E-state index in [1.165, 1.54) is 10.4 Å². The number of fused-ring (bicyclic) bond motifs is 1. The van der Waals surface area contributed by atoms with Gasteiger partial charge in [-0.2, -0.15) is 0 Å². The van der Waals surface area contributed by atoms with E-state index in [2.05, 4.69) is 23.6 Å². The van der Waals surface area contributed by atoms with Crippen molar-refractivity contribution in [2.45, 2.75) is 12.5 Å². The standard InChI is InChI=1S/C20H17NO2S/c22-16-8-6-15(7-9-16)20(23)21-12-10-18-17(11-13-24-18)19(21)14-4-2-1-3-5-14/h1-9,11,13,19,22H,10,12H2. The zero-order valence-corrected chi connectivity index (χ0v) is 13.9. The van der Waals surface area contributed by atoms with E-state index >= 15 is 0 Å². The molecule has 1 N–H and O–H groups in total. The van der Waals surface area contributed by atoms with Gasteiger partial charge >= 0.3 is 0 Å². The zero-order chi connectivity index (χ0) is 16.5. The Morgan fingerprint density at radius 1 is 1.04 bits per heavy atom. The smallest absolute Gasteiger partial charge is 0.254 e. The summed E-state index contributed by atoms with van der Waals surface area (Å²) in [6.45, 7) is 0.701. The Balaban J connectivity index is 1.76. The quantitative estimate of drug-likeness (QED) is 0.761. The maximum absolute atomic E-state index is 13.1. The van der Waals surface area contributed by atoms with Crippen LogP contribution in [-0.2, 0) is 6.42 Å². The number of hydrogen-bond acceptors (Lipinski definition) is 3. The van der Waals surface area contributed by atoms with Crippen LogP contribution in [0.4, 0.5) is 0 Å². The maximum Gasteiger partial charge on any atom is 0.254 e. The number of benzene rings is 2. The number of phenols is 1. The summed E-state index contributed by atoms with van der Waals surface area (Å²) in [5.74, 6) is 0.172. The Morgan fingerprint density at radius 3 is 2.54 bits per heavy atom. The molecule has 24 heavy (non-hydrogen) atoms. The average molecular weight is 335 g/mol. The molecule has 1 aliphatic rings. The van der Waals surface area contributed by atoms with Crippen LogP contribution in [0.3, 0.4) is 0 Å². The number of hydrogen-bond donors (Lipinski definition) is 1. The lowest BCUT2D eigenvalue weighted by molar-refractivity contribution is 0.0696. The van der Waals surface area contributed by atoms with Crippen molar-refractivity contribution in [1.82, 2.24) is 4.90 Å². The van der Waals surface area contributed by atoms with Crippen LogP contribution in [0.25, 0.3) is 0 Å². The maximum atomic E-state index is 13.1. The largest absolute Gasteiger partial charge is 0.508 e. The Labute approximate surface area is 144 Å². The van der Waals surface area contributed by atoms with E-state index in [4.69, 9.17) is 0 Å². The third kappa shape index (κ3) is 2.59. The van der Waals surface area contributed by atoms with Gasteiger partial charge in [0.1, 0.15) is 5.75 Å². The fraction of sp³-hybridized carbons (Fsp3) is 0.150. The molecule has 3 nitrogen and oxygen atoms in total. The second kappa shape index (κ2) is 6.13. The first kappa shape index (κ1) is 15.0. The molecule has 0 fully saturated rings. The lowest BCUT2D eigenvalue weighted by Crippen LogP contribution is -2.40. The molecule has 0 saturated heterocycles. The van der Waals surface area contributed by atoms with Crippen molar-refractivity contribution in [1.29, 1.82) is 0 Å². The Kier molecular flexibility index (Phi) is 3.82. The summed E-state index contributed by atoms with van der Waals surface area (Å²) in [5.41, 5.74) is 2.96. The predicted octanol–water partition coefficient (Wildman–Crippen LogP) is 4.24. The minimum atomic E-state index is -0.0532. The van der Waals surface area contributed by atoms with E-state index in [9.17, 15) is 9.90 Å². The molecule has 1 amide bonds. The Bertz CT molecular complexity index is 855. The van der Waals surface area contributed by atoms with E-state index < -0.39 is 0 Å². The van der Waals surface area contributed by atoms with E-state index in [-0.39, 0.29) is 17.7 Å². The number of amides is 1. The van der Waals surface area contributed by atoms with Crippen molar-refractivity contribution in [2.24, 2.45) is 0 Å². The van der Waals surface area contributed by atoms with Crippen LogP contribution in [0.15, 0.2) is 66.0 Å². The molecule has 1 aromatic heterocycles. The molecule has 2 heterocycles. The summed E-state index contributed by atoms with van der Waals surface area (Å²) in [5, 5.41) is 11.6. The number of carbonyl (C=O) groups is 1. The molecule has 120 valence electrons. The van der Waals surface area contributed by atoms with Gasteiger partial charge in [-0.3, -0.25) is 4.79 Å². The lowest BCUT2D eigenvalue weighted by atomic mass is 9.92. The first-order chi connectivity index (χ1) is 11.7. The van der Waals surface area contributed by atoms with Gasteiger partial charge in [-0.1, -0.05) is 30.3 Å². The second-order valence-corrected chi connectivity index (χ2v) is 6.91. The highest BCUT2D eigenvalue weighted by Crippen LogP contribution is 2.38. The van der Waals surface area contributed by atoms with Gasteiger partial charge in [0.2, 0.25) is 0 Å². The summed E-state index contributed by atoms with van der Waals surface area (Å²) in [6, 6.07) is 18.7. The van der Waals surface area contributed by atoms with Gasteiger partial charge in [-0.25, -0.2) is 0 Å². The van der Waals surface area contributed by atoms with E-state index in [1.807, 2.05) is 23.1 Å². The van der Waals surface area contributed by atoms with Gasteiger partial charge in [0, 0.05) is 17.0 Å². The van der Waals surface area contributed by atoms with Gasteiger partial charge in [0.25, 0.3) is 5.91 Å². The van der Waals surface area contributed by atoms with E-state index in [0.717, 1.165) is 12.0 Å². The number of aromatic hydroxyl groups is 1. The Hall–Kier alpha value is -2.59. The molecule has 0 spiro atoms. The van der Waals surface area contributed by atoms with Gasteiger partial charge in [0.05, 0.1) is 6.04 Å². The van der Waals surface area contributed by atoms with Crippen molar-refractivity contribution in [3.05, 3.63) is 87.6 Å². The number of nitrogens with zero attached hydrogens (tertiary/aromatic N) is 1. The normalized spacial score (nSPS) is 16.7. The van der Waals surface area contributed by atoms with Crippen LogP contribution in [0.5, 0.6) is 5.75 Å². The van der Waals surface area contributed by atoms with Crippen LogP contribution < -0.4 is 0 Å². The summed E-state index contributed by atoms with van der Waals surface area (Å²) in [4.78, 5) is 16.4. The molecule has 1 unspecified atom stereocenters. The second-order valence-electron chi connectivity index (χ2n) is 5.91. The van der Waals surface area contributed by atoms with Gasteiger partial charge in [-0.15, -0.1) is 11.3 Å². The van der Waals surface area contributed by atoms with Crippen LogP contribution >= 0.6 is 11.3 Å². The molecule has 4 rings (SSSR count). The number of carbonyl (C=O) groups excluding carboxylic acids is 1. The van der Waals surface area contributed by atoms with Gasteiger partial charge in [-0.05, 0) is 53.3 Å². The summed E-state index contributed by atoms with van der Waals surface area (Å²) in [7, 11) is 0. The first-order valence-corrected chi connectivity index (χ1v) is 8.83.